The van der Waals surface area contributed by atoms with Crippen molar-refractivity contribution in [2.24, 2.45) is 0 Å². The molecule has 5 heteroatoms. The Morgan fingerprint density at radius 3 is 2.85 bits per heavy atom. The van der Waals surface area contributed by atoms with Crippen molar-refractivity contribution in [3.63, 3.8) is 0 Å². The highest BCUT2D eigenvalue weighted by Gasteiger charge is 2.49. The molecule has 0 aromatic heterocycles. The van der Waals surface area contributed by atoms with Crippen molar-refractivity contribution in [2.45, 2.75) is 18.0 Å². The fourth-order valence-corrected chi connectivity index (χ4v) is 1.05. The van der Waals surface area contributed by atoms with E-state index in [-0.39, 0.29) is 13.2 Å². The molecular weight excluding hydrogens is 176 g/mol. The van der Waals surface area contributed by atoms with E-state index in [1.54, 1.807) is 0 Å². The molecule has 1 fully saturated rings. The zero-order valence-electron chi connectivity index (χ0n) is 7.09. The van der Waals surface area contributed by atoms with Crippen LogP contribution in [0.2, 0.25) is 0 Å². The maximum Gasteiger partial charge on any atom is 0.225 e. The van der Waals surface area contributed by atoms with Crippen LogP contribution in [0.3, 0.4) is 0 Å². The molecule has 75 valence electrons. The molecule has 1 saturated heterocycles. The first-order valence-electron chi connectivity index (χ1n) is 3.90. The van der Waals surface area contributed by atoms with Gasteiger partial charge in [-0.1, -0.05) is 6.08 Å². The SMILES string of the molecule is C=CCOC1(O)[CH]OC(CO)C1O. The lowest BCUT2D eigenvalue weighted by Crippen LogP contribution is -2.45. The van der Waals surface area contributed by atoms with E-state index < -0.39 is 18.0 Å². The summed E-state index contributed by atoms with van der Waals surface area (Å²) in [6.45, 7) is 4.08. The Hall–Kier alpha value is -0.460. The van der Waals surface area contributed by atoms with Crippen LogP contribution < -0.4 is 0 Å². The van der Waals surface area contributed by atoms with Gasteiger partial charge in [0.2, 0.25) is 5.79 Å². The number of hydrogen-bond acceptors (Lipinski definition) is 5. The van der Waals surface area contributed by atoms with E-state index in [0.717, 1.165) is 6.61 Å². The fraction of sp³-hybridized carbons (Fsp3) is 0.625. The molecule has 1 heterocycles. The van der Waals surface area contributed by atoms with Gasteiger partial charge in [-0.25, -0.2) is 0 Å². The zero-order valence-corrected chi connectivity index (χ0v) is 7.09. The Morgan fingerprint density at radius 2 is 2.38 bits per heavy atom. The highest BCUT2D eigenvalue weighted by molar-refractivity contribution is 4.97. The van der Waals surface area contributed by atoms with E-state index in [2.05, 4.69) is 6.58 Å². The summed E-state index contributed by atoms with van der Waals surface area (Å²) in [7, 11) is 0. The Labute approximate surface area is 76.2 Å². The van der Waals surface area contributed by atoms with Gasteiger partial charge in [0, 0.05) is 0 Å². The average Bonchev–Trinajstić information content (AvgIpc) is 2.41. The molecule has 0 aliphatic carbocycles. The predicted octanol–water partition coefficient (Wildman–Crippen LogP) is -1.21. The third-order valence-electron chi connectivity index (χ3n) is 1.80. The Balaban J connectivity index is 2.54. The van der Waals surface area contributed by atoms with Gasteiger partial charge in [-0.2, -0.15) is 0 Å². The summed E-state index contributed by atoms with van der Waals surface area (Å²) in [6, 6.07) is 0. The Morgan fingerprint density at radius 1 is 1.69 bits per heavy atom. The molecule has 0 saturated carbocycles. The third-order valence-corrected chi connectivity index (χ3v) is 1.80. The van der Waals surface area contributed by atoms with Gasteiger partial charge >= 0.3 is 0 Å². The zero-order chi connectivity index (χ0) is 9.90. The third kappa shape index (κ3) is 2.07. The van der Waals surface area contributed by atoms with Crippen molar-refractivity contribution in [3.8, 4) is 0 Å². The number of rotatable bonds is 4. The number of hydrogen-bond donors (Lipinski definition) is 3. The molecule has 3 N–H and O–H groups in total. The van der Waals surface area contributed by atoms with E-state index in [0.29, 0.717) is 0 Å². The van der Waals surface area contributed by atoms with Gasteiger partial charge in [-0.05, 0) is 0 Å². The first-order valence-corrected chi connectivity index (χ1v) is 3.90. The van der Waals surface area contributed by atoms with Crippen LogP contribution in [0.25, 0.3) is 0 Å². The van der Waals surface area contributed by atoms with Crippen LogP contribution in [0.4, 0.5) is 0 Å². The number of aliphatic hydroxyl groups excluding tert-OH is 2. The molecular formula is C8H13O5. The molecule has 5 nitrogen and oxygen atoms in total. The van der Waals surface area contributed by atoms with Crippen molar-refractivity contribution in [1.29, 1.82) is 0 Å². The molecule has 3 unspecified atom stereocenters. The van der Waals surface area contributed by atoms with Gasteiger partial charge in [0.05, 0.1) is 13.2 Å². The van der Waals surface area contributed by atoms with Gasteiger partial charge in [0.25, 0.3) is 0 Å². The molecule has 1 aliphatic rings. The van der Waals surface area contributed by atoms with Gasteiger partial charge in [0.15, 0.2) is 0 Å². The second-order valence-corrected chi connectivity index (χ2v) is 2.77. The summed E-state index contributed by atoms with van der Waals surface area (Å²) in [6.07, 6.45) is -0.683. The van der Waals surface area contributed by atoms with Crippen molar-refractivity contribution < 1.29 is 24.8 Å². The lowest BCUT2D eigenvalue weighted by Gasteiger charge is -2.24. The predicted molar refractivity (Wildman–Crippen MR) is 43.4 cm³/mol. The van der Waals surface area contributed by atoms with E-state index in [4.69, 9.17) is 14.6 Å². The normalized spacial score (nSPS) is 39.3. The summed E-state index contributed by atoms with van der Waals surface area (Å²) in [4.78, 5) is 0. The highest BCUT2D eigenvalue weighted by atomic mass is 16.7. The Kier molecular flexibility index (Phi) is 3.40. The average molecular weight is 189 g/mol. The van der Waals surface area contributed by atoms with Crippen molar-refractivity contribution in [2.75, 3.05) is 13.2 Å². The maximum absolute atomic E-state index is 9.58. The summed E-state index contributed by atoms with van der Waals surface area (Å²) in [5.74, 6) is -1.85. The van der Waals surface area contributed by atoms with E-state index >= 15 is 0 Å². The van der Waals surface area contributed by atoms with Gasteiger partial charge in [-0.15, -0.1) is 6.58 Å². The van der Waals surface area contributed by atoms with Crippen LogP contribution in [-0.4, -0.2) is 46.5 Å². The lowest BCUT2D eigenvalue weighted by molar-refractivity contribution is -0.219. The quantitative estimate of drug-likeness (QED) is 0.382. The first-order chi connectivity index (χ1) is 6.14. The molecule has 1 rings (SSSR count). The van der Waals surface area contributed by atoms with Crippen LogP contribution in [0.5, 0.6) is 0 Å². The summed E-state index contributed by atoms with van der Waals surface area (Å²) >= 11 is 0. The van der Waals surface area contributed by atoms with Gasteiger partial charge in [0.1, 0.15) is 18.8 Å². The van der Waals surface area contributed by atoms with E-state index in [9.17, 15) is 10.2 Å². The molecule has 0 amide bonds. The van der Waals surface area contributed by atoms with Crippen LogP contribution >= 0.6 is 0 Å². The van der Waals surface area contributed by atoms with E-state index in [1.807, 2.05) is 0 Å². The van der Waals surface area contributed by atoms with Crippen molar-refractivity contribution >= 4 is 0 Å². The standard InChI is InChI=1S/C8H13O5/c1-2-3-13-8(11)5-12-6(4-9)7(8)10/h2,5-7,9-11H,1,3-4H2. The Bertz CT molecular complexity index is 183. The molecule has 13 heavy (non-hydrogen) atoms. The molecule has 1 radical (unpaired) electrons. The highest BCUT2D eigenvalue weighted by Crippen LogP contribution is 2.29. The van der Waals surface area contributed by atoms with Crippen LogP contribution in [0, 0.1) is 6.61 Å². The molecule has 3 atom stereocenters. The minimum absolute atomic E-state index is 0.0889. The fourth-order valence-electron chi connectivity index (χ4n) is 1.05. The smallest absolute Gasteiger partial charge is 0.225 e. The first kappa shape index (κ1) is 10.6. The van der Waals surface area contributed by atoms with Crippen molar-refractivity contribution in [1.82, 2.24) is 0 Å². The topological polar surface area (TPSA) is 79.2 Å². The molecule has 1 aliphatic heterocycles. The maximum atomic E-state index is 9.58. The molecule has 0 aromatic rings. The molecule has 0 spiro atoms. The minimum Gasteiger partial charge on any atom is -0.394 e. The van der Waals surface area contributed by atoms with Gasteiger partial charge < -0.3 is 24.8 Å². The van der Waals surface area contributed by atoms with Crippen LogP contribution in [-0.2, 0) is 9.47 Å². The van der Waals surface area contributed by atoms with E-state index in [1.165, 1.54) is 6.08 Å². The van der Waals surface area contributed by atoms with Crippen molar-refractivity contribution in [3.05, 3.63) is 19.3 Å². The van der Waals surface area contributed by atoms with Crippen LogP contribution in [0.1, 0.15) is 0 Å². The van der Waals surface area contributed by atoms with Crippen LogP contribution in [0.15, 0.2) is 12.7 Å². The second-order valence-electron chi connectivity index (χ2n) is 2.77. The summed E-state index contributed by atoms with van der Waals surface area (Å²) in [5.41, 5.74) is 0. The number of aliphatic hydroxyl groups is 3. The van der Waals surface area contributed by atoms with Gasteiger partial charge in [-0.3, -0.25) is 0 Å². The number of ether oxygens (including phenoxy) is 2. The lowest BCUT2D eigenvalue weighted by atomic mass is 10.1. The second kappa shape index (κ2) is 4.17. The summed E-state index contributed by atoms with van der Waals surface area (Å²) in [5, 5.41) is 27.7. The molecule has 0 aromatic carbocycles. The summed E-state index contributed by atoms with van der Waals surface area (Å²) < 4.78 is 9.67. The minimum atomic E-state index is -1.85. The monoisotopic (exact) mass is 189 g/mol. The molecule has 0 bridgehead atoms. The largest absolute Gasteiger partial charge is 0.394 e.